The predicted molar refractivity (Wildman–Crippen MR) is 87.6 cm³/mol. The molecule has 0 saturated heterocycles. The van der Waals surface area contributed by atoms with Gasteiger partial charge in [-0.1, -0.05) is 17.3 Å². The lowest BCUT2D eigenvalue weighted by molar-refractivity contribution is 0.497. The molecule has 0 aliphatic rings. The van der Waals surface area contributed by atoms with E-state index in [0.717, 1.165) is 11.0 Å². The third kappa shape index (κ3) is 2.78. The molecule has 120 valence electrons. The van der Waals surface area contributed by atoms with Crippen molar-refractivity contribution in [2.45, 2.75) is 19.5 Å². The topological polar surface area (TPSA) is 99.2 Å². The van der Waals surface area contributed by atoms with E-state index in [1.54, 1.807) is 34.1 Å². The molecule has 0 spiro atoms. The fourth-order valence-corrected chi connectivity index (χ4v) is 2.42. The van der Waals surface area contributed by atoms with Crippen LogP contribution < -0.4 is 5.32 Å². The molecule has 3 aromatic heterocycles. The second kappa shape index (κ2) is 6.03. The molecule has 0 fully saturated rings. The summed E-state index contributed by atoms with van der Waals surface area (Å²) < 4.78 is 1.70. The zero-order chi connectivity index (χ0) is 16.4. The quantitative estimate of drug-likeness (QED) is 0.591. The molecule has 0 amide bonds. The van der Waals surface area contributed by atoms with Gasteiger partial charge >= 0.3 is 0 Å². The van der Waals surface area contributed by atoms with Gasteiger partial charge < -0.3 is 5.32 Å². The van der Waals surface area contributed by atoms with Gasteiger partial charge in [0.15, 0.2) is 5.82 Å². The van der Waals surface area contributed by atoms with E-state index < -0.39 is 0 Å². The Morgan fingerprint density at radius 1 is 1.08 bits per heavy atom. The van der Waals surface area contributed by atoms with Gasteiger partial charge in [0.2, 0.25) is 5.95 Å². The molecule has 24 heavy (non-hydrogen) atoms. The van der Waals surface area contributed by atoms with E-state index in [1.165, 1.54) is 0 Å². The van der Waals surface area contributed by atoms with Crippen LogP contribution in [0.25, 0.3) is 16.9 Å². The van der Waals surface area contributed by atoms with Crippen LogP contribution in [0.15, 0.2) is 48.9 Å². The Morgan fingerprint density at radius 3 is 2.79 bits per heavy atom. The first-order valence-electron chi connectivity index (χ1n) is 7.54. The molecule has 0 saturated carbocycles. The van der Waals surface area contributed by atoms with Crippen molar-refractivity contribution in [3.63, 3.8) is 0 Å². The van der Waals surface area contributed by atoms with Crippen LogP contribution >= 0.6 is 0 Å². The second-order valence-corrected chi connectivity index (χ2v) is 5.36. The van der Waals surface area contributed by atoms with Gasteiger partial charge in [0.05, 0.1) is 24.5 Å². The number of fused-ring (bicyclic) bond motifs is 1. The Balaban J connectivity index is 1.57. The normalized spacial score (nSPS) is 12.4. The van der Waals surface area contributed by atoms with Crippen molar-refractivity contribution in [3.8, 4) is 5.82 Å². The van der Waals surface area contributed by atoms with E-state index >= 15 is 0 Å². The summed E-state index contributed by atoms with van der Waals surface area (Å²) in [6.07, 6.45) is 5.00. The molecular formula is C15H15N9. The van der Waals surface area contributed by atoms with Gasteiger partial charge in [-0.2, -0.15) is 24.7 Å². The summed E-state index contributed by atoms with van der Waals surface area (Å²) in [5.41, 5.74) is 1.72. The predicted octanol–water partition coefficient (Wildman–Crippen LogP) is 1.30. The molecule has 9 nitrogen and oxygen atoms in total. The highest BCUT2D eigenvalue weighted by Gasteiger charge is 2.10. The summed E-state index contributed by atoms with van der Waals surface area (Å²) in [7, 11) is 0. The summed E-state index contributed by atoms with van der Waals surface area (Å²) in [6, 6.07) is 9.61. The highest BCUT2D eigenvalue weighted by Crippen LogP contribution is 2.15. The molecule has 1 aromatic carbocycles. The number of para-hydroxylation sites is 1. The molecule has 0 unspecified atom stereocenters. The molecule has 1 N–H and O–H groups in total. The first kappa shape index (κ1) is 14.2. The number of hydrogen-bond acceptors (Lipinski definition) is 7. The molecule has 1 atom stereocenters. The van der Waals surface area contributed by atoms with Crippen molar-refractivity contribution < 1.29 is 0 Å². The van der Waals surface area contributed by atoms with Crippen LogP contribution in [0, 0.1) is 0 Å². The van der Waals surface area contributed by atoms with E-state index in [4.69, 9.17) is 0 Å². The fourth-order valence-electron chi connectivity index (χ4n) is 2.42. The van der Waals surface area contributed by atoms with Crippen LogP contribution in [0.2, 0.25) is 0 Å². The van der Waals surface area contributed by atoms with Crippen molar-refractivity contribution in [2.24, 2.45) is 0 Å². The summed E-state index contributed by atoms with van der Waals surface area (Å²) in [5, 5.41) is 19.8. The van der Waals surface area contributed by atoms with Gasteiger partial charge in [0.25, 0.3) is 0 Å². The van der Waals surface area contributed by atoms with Crippen molar-refractivity contribution in [1.29, 1.82) is 0 Å². The van der Waals surface area contributed by atoms with Crippen LogP contribution in [0.5, 0.6) is 0 Å². The minimum absolute atomic E-state index is 0.0696. The summed E-state index contributed by atoms with van der Waals surface area (Å²) in [4.78, 5) is 10.4. The number of nitrogens with zero attached hydrogens (tertiary/aromatic N) is 8. The summed E-state index contributed by atoms with van der Waals surface area (Å²) in [5.74, 6) is 1.18. The van der Waals surface area contributed by atoms with Crippen LogP contribution in [0.4, 0.5) is 5.95 Å². The Morgan fingerprint density at radius 2 is 1.92 bits per heavy atom. The van der Waals surface area contributed by atoms with Crippen molar-refractivity contribution >= 4 is 17.0 Å². The molecule has 3 heterocycles. The van der Waals surface area contributed by atoms with Crippen molar-refractivity contribution in [2.75, 3.05) is 5.32 Å². The van der Waals surface area contributed by atoms with Crippen LogP contribution in [-0.4, -0.2) is 46.0 Å². The summed E-state index contributed by atoms with van der Waals surface area (Å²) in [6.45, 7) is 2.64. The first-order valence-corrected chi connectivity index (χ1v) is 7.54. The van der Waals surface area contributed by atoms with E-state index in [1.807, 2.05) is 31.2 Å². The highest BCUT2D eigenvalue weighted by atomic mass is 15.5. The smallest absolute Gasteiger partial charge is 0.224 e. The van der Waals surface area contributed by atoms with E-state index in [-0.39, 0.29) is 6.04 Å². The van der Waals surface area contributed by atoms with E-state index in [2.05, 4.69) is 35.8 Å². The highest BCUT2D eigenvalue weighted by molar-refractivity contribution is 5.75. The van der Waals surface area contributed by atoms with Crippen LogP contribution in [-0.2, 0) is 6.54 Å². The van der Waals surface area contributed by atoms with Gasteiger partial charge in [0, 0.05) is 18.3 Å². The lowest BCUT2D eigenvalue weighted by Crippen LogP contribution is -2.24. The Hall–Kier alpha value is -3.36. The molecule has 4 aromatic rings. The monoisotopic (exact) mass is 321 g/mol. The Labute approximate surface area is 137 Å². The summed E-state index contributed by atoms with van der Waals surface area (Å²) >= 11 is 0. The molecule has 0 radical (unpaired) electrons. The van der Waals surface area contributed by atoms with Gasteiger partial charge in [-0.15, -0.1) is 5.10 Å². The lowest BCUT2D eigenvalue weighted by Gasteiger charge is -2.13. The molecule has 0 aliphatic heterocycles. The van der Waals surface area contributed by atoms with Gasteiger partial charge in [0.1, 0.15) is 5.52 Å². The molecule has 0 aliphatic carbocycles. The van der Waals surface area contributed by atoms with Gasteiger partial charge in [-0.25, -0.2) is 4.98 Å². The Kier molecular flexibility index (Phi) is 3.58. The van der Waals surface area contributed by atoms with Crippen LogP contribution in [0.1, 0.15) is 6.92 Å². The first-order chi connectivity index (χ1) is 11.8. The minimum Gasteiger partial charge on any atom is -0.350 e. The second-order valence-electron chi connectivity index (χ2n) is 5.36. The molecule has 4 rings (SSSR count). The van der Waals surface area contributed by atoms with Gasteiger partial charge in [-0.05, 0) is 19.1 Å². The zero-order valence-corrected chi connectivity index (χ0v) is 13.0. The van der Waals surface area contributed by atoms with Crippen molar-refractivity contribution in [3.05, 3.63) is 48.9 Å². The van der Waals surface area contributed by atoms with Crippen LogP contribution in [0.3, 0.4) is 0 Å². The van der Waals surface area contributed by atoms with E-state index in [0.29, 0.717) is 18.3 Å². The Bertz CT molecular complexity index is 944. The SMILES string of the molecule is C[C@@H](Cn1nccn1)Nc1nccc(-n2nnc3ccccc32)n1. The van der Waals surface area contributed by atoms with Crippen molar-refractivity contribution in [1.82, 2.24) is 40.0 Å². The number of benzene rings is 1. The van der Waals surface area contributed by atoms with Gasteiger partial charge in [-0.3, -0.25) is 0 Å². The standard InChI is InChI=1S/C15H15N9/c1-11(10-23-17-8-9-18-23)19-15-16-7-6-14(20-15)24-13-5-3-2-4-12(13)21-22-24/h2-9,11H,10H2,1H3,(H,16,19,20)/t11-/m0/s1. The zero-order valence-electron chi connectivity index (χ0n) is 13.0. The maximum Gasteiger partial charge on any atom is 0.224 e. The third-order valence-electron chi connectivity index (χ3n) is 3.49. The number of rotatable bonds is 5. The molecule has 0 bridgehead atoms. The number of nitrogens with one attached hydrogen (secondary N) is 1. The average molecular weight is 321 g/mol. The average Bonchev–Trinajstić information content (AvgIpc) is 3.24. The third-order valence-corrected chi connectivity index (χ3v) is 3.49. The number of aromatic nitrogens is 8. The fraction of sp³-hybridized carbons (Fsp3) is 0.200. The molecular weight excluding hydrogens is 306 g/mol. The number of anilines is 1. The number of hydrogen-bond donors (Lipinski definition) is 1. The maximum absolute atomic E-state index is 4.52. The molecule has 9 heteroatoms. The largest absolute Gasteiger partial charge is 0.350 e. The maximum atomic E-state index is 4.52. The van der Waals surface area contributed by atoms with E-state index in [9.17, 15) is 0 Å². The minimum atomic E-state index is 0.0696. The lowest BCUT2D eigenvalue weighted by atomic mass is 10.3.